The molecule has 0 aromatic carbocycles. The molecular weight excluding hydrogens is 229 g/mol. The van der Waals surface area contributed by atoms with E-state index in [1.165, 1.54) is 0 Å². The highest BCUT2D eigenvalue weighted by molar-refractivity contribution is 5.98. The SMILES string of the molecule is Nc1ncc(F)cc1C(=O)NCc1nn[nH]n1. The molecule has 9 heteroatoms. The van der Waals surface area contributed by atoms with Gasteiger partial charge in [0.1, 0.15) is 11.6 Å². The summed E-state index contributed by atoms with van der Waals surface area (Å²) in [6.45, 7) is 0.0608. The summed E-state index contributed by atoms with van der Waals surface area (Å²) in [6.07, 6.45) is 0.936. The summed E-state index contributed by atoms with van der Waals surface area (Å²) in [4.78, 5) is 15.2. The third-order valence-corrected chi connectivity index (χ3v) is 1.93. The number of halogens is 1. The van der Waals surface area contributed by atoms with E-state index in [0.29, 0.717) is 5.82 Å². The Hall–Kier alpha value is -2.58. The molecule has 17 heavy (non-hydrogen) atoms. The number of aromatic nitrogens is 5. The number of anilines is 1. The van der Waals surface area contributed by atoms with Gasteiger partial charge in [0.05, 0.1) is 18.3 Å². The predicted molar refractivity (Wildman–Crippen MR) is 54.0 cm³/mol. The molecule has 8 nitrogen and oxygen atoms in total. The molecule has 0 aliphatic rings. The van der Waals surface area contributed by atoms with Crippen molar-refractivity contribution in [3.8, 4) is 0 Å². The molecular formula is C8H8FN7O. The third kappa shape index (κ3) is 2.51. The zero-order valence-corrected chi connectivity index (χ0v) is 8.51. The van der Waals surface area contributed by atoms with Gasteiger partial charge >= 0.3 is 0 Å². The Morgan fingerprint density at radius 1 is 1.59 bits per heavy atom. The van der Waals surface area contributed by atoms with Gasteiger partial charge in [0.2, 0.25) is 0 Å². The minimum atomic E-state index is -0.635. The number of hydrogen-bond donors (Lipinski definition) is 3. The number of carbonyl (C=O) groups is 1. The van der Waals surface area contributed by atoms with E-state index in [2.05, 4.69) is 30.9 Å². The second-order valence-electron chi connectivity index (χ2n) is 3.10. The van der Waals surface area contributed by atoms with Crippen molar-refractivity contribution in [1.29, 1.82) is 0 Å². The number of amides is 1. The van der Waals surface area contributed by atoms with E-state index in [1.807, 2.05) is 0 Å². The Kier molecular flexibility index (Phi) is 2.90. The first-order valence-electron chi connectivity index (χ1n) is 4.58. The lowest BCUT2D eigenvalue weighted by atomic mass is 10.2. The zero-order valence-electron chi connectivity index (χ0n) is 8.51. The lowest BCUT2D eigenvalue weighted by molar-refractivity contribution is 0.0950. The maximum atomic E-state index is 12.9. The van der Waals surface area contributed by atoms with Crippen LogP contribution in [-0.2, 0) is 6.54 Å². The minimum absolute atomic E-state index is 0.0338. The van der Waals surface area contributed by atoms with Crippen molar-refractivity contribution in [3.05, 3.63) is 29.5 Å². The number of carbonyl (C=O) groups excluding carboxylic acids is 1. The summed E-state index contributed by atoms with van der Waals surface area (Å²) in [5, 5.41) is 15.3. The third-order valence-electron chi connectivity index (χ3n) is 1.93. The van der Waals surface area contributed by atoms with Gasteiger partial charge in [0.15, 0.2) is 5.82 Å². The van der Waals surface area contributed by atoms with Gasteiger partial charge in [-0.15, -0.1) is 10.2 Å². The van der Waals surface area contributed by atoms with E-state index in [1.54, 1.807) is 0 Å². The molecule has 2 aromatic heterocycles. The van der Waals surface area contributed by atoms with Crippen LogP contribution in [0.5, 0.6) is 0 Å². The molecule has 4 N–H and O–H groups in total. The molecule has 1 amide bonds. The molecule has 0 radical (unpaired) electrons. The number of pyridine rings is 1. The normalized spacial score (nSPS) is 10.2. The van der Waals surface area contributed by atoms with Crippen molar-refractivity contribution in [3.63, 3.8) is 0 Å². The first-order chi connectivity index (χ1) is 8.16. The van der Waals surface area contributed by atoms with E-state index in [0.717, 1.165) is 12.3 Å². The van der Waals surface area contributed by atoms with Gasteiger partial charge in [0.25, 0.3) is 5.91 Å². The highest BCUT2D eigenvalue weighted by atomic mass is 19.1. The van der Waals surface area contributed by atoms with Crippen LogP contribution in [0, 0.1) is 5.82 Å². The van der Waals surface area contributed by atoms with Crippen LogP contribution in [0.4, 0.5) is 10.2 Å². The molecule has 0 aliphatic carbocycles. The van der Waals surface area contributed by atoms with Crippen LogP contribution in [0.1, 0.15) is 16.2 Å². The highest BCUT2D eigenvalue weighted by Crippen LogP contribution is 2.09. The molecule has 2 rings (SSSR count). The van der Waals surface area contributed by atoms with E-state index >= 15 is 0 Å². The van der Waals surface area contributed by atoms with Crippen LogP contribution < -0.4 is 11.1 Å². The molecule has 0 atom stereocenters. The Morgan fingerprint density at radius 2 is 2.41 bits per heavy atom. The Morgan fingerprint density at radius 3 is 3.12 bits per heavy atom. The number of rotatable bonds is 3. The van der Waals surface area contributed by atoms with Gasteiger partial charge < -0.3 is 11.1 Å². The molecule has 0 fully saturated rings. The van der Waals surface area contributed by atoms with E-state index < -0.39 is 11.7 Å². The minimum Gasteiger partial charge on any atom is -0.383 e. The lowest BCUT2D eigenvalue weighted by Crippen LogP contribution is -2.25. The number of tetrazole rings is 1. The van der Waals surface area contributed by atoms with Gasteiger partial charge in [-0.25, -0.2) is 9.37 Å². The van der Waals surface area contributed by atoms with Crippen LogP contribution in [0.15, 0.2) is 12.3 Å². The number of aromatic amines is 1. The fourth-order valence-corrected chi connectivity index (χ4v) is 1.14. The van der Waals surface area contributed by atoms with Gasteiger partial charge in [-0.3, -0.25) is 4.79 Å². The van der Waals surface area contributed by atoms with Crippen LogP contribution >= 0.6 is 0 Å². The first kappa shape index (κ1) is 10.9. The molecule has 0 aliphatic heterocycles. The quantitative estimate of drug-likeness (QED) is 0.645. The molecule has 88 valence electrons. The van der Waals surface area contributed by atoms with E-state index in [-0.39, 0.29) is 17.9 Å². The van der Waals surface area contributed by atoms with Crippen LogP contribution in [0.2, 0.25) is 0 Å². The molecule has 2 aromatic rings. The number of nitrogens with zero attached hydrogens (tertiary/aromatic N) is 4. The Labute approximate surface area is 94.4 Å². The van der Waals surface area contributed by atoms with Crippen LogP contribution in [0.25, 0.3) is 0 Å². The topological polar surface area (TPSA) is 122 Å². The largest absolute Gasteiger partial charge is 0.383 e. The summed E-state index contributed by atoms with van der Waals surface area (Å²) >= 11 is 0. The molecule has 0 saturated heterocycles. The van der Waals surface area contributed by atoms with Gasteiger partial charge in [-0.1, -0.05) is 5.21 Å². The number of nitrogens with one attached hydrogen (secondary N) is 2. The molecule has 0 unspecified atom stereocenters. The van der Waals surface area contributed by atoms with Crippen LogP contribution in [0.3, 0.4) is 0 Å². The summed E-state index contributed by atoms with van der Waals surface area (Å²) in [5.74, 6) is -0.929. The van der Waals surface area contributed by atoms with Crippen LogP contribution in [-0.4, -0.2) is 31.5 Å². The average Bonchev–Trinajstić information content (AvgIpc) is 2.82. The van der Waals surface area contributed by atoms with Crippen molar-refractivity contribution >= 4 is 11.7 Å². The van der Waals surface area contributed by atoms with E-state index in [9.17, 15) is 9.18 Å². The molecule has 0 saturated carbocycles. The number of hydrogen-bond acceptors (Lipinski definition) is 6. The standard InChI is InChI=1S/C8H8FN7O/c9-4-1-5(7(10)11-2-4)8(17)12-3-6-13-15-16-14-6/h1-2H,3H2,(H2,10,11)(H,12,17)(H,13,14,15,16). The smallest absolute Gasteiger partial charge is 0.255 e. The highest BCUT2D eigenvalue weighted by Gasteiger charge is 2.12. The predicted octanol–water partition coefficient (Wildman–Crippen LogP) is -0.754. The van der Waals surface area contributed by atoms with Gasteiger partial charge in [-0.2, -0.15) is 5.21 Å². The summed E-state index contributed by atoms with van der Waals surface area (Å²) in [7, 11) is 0. The van der Waals surface area contributed by atoms with Crippen molar-refractivity contribution in [2.45, 2.75) is 6.54 Å². The van der Waals surface area contributed by atoms with Crippen molar-refractivity contribution in [1.82, 2.24) is 30.9 Å². The fourth-order valence-electron chi connectivity index (χ4n) is 1.14. The average molecular weight is 237 g/mol. The second kappa shape index (κ2) is 4.51. The van der Waals surface area contributed by atoms with Crippen molar-refractivity contribution in [2.24, 2.45) is 0 Å². The monoisotopic (exact) mass is 237 g/mol. The maximum absolute atomic E-state index is 12.9. The van der Waals surface area contributed by atoms with Gasteiger partial charge in [-0.05, 0) is 6.07 Å². The van der Waals surface area contributed by atoms with E-state index in [4.69, 9.17) is 5.73 Å². The summed E-state index contributed by atoms with van der Waals surface area (Å²) < 4.78 is 12.9. The second-order valence-corrected chi connectivity index (χ2v) is 3.10. The Balaban J connectivity index is 2.07. The molecule has 0 bridgehead atoms. The summed E-state index contributed by atoms with van der Waals surface area (Å²) in [6, 6.07) is 1.01. The zero-order chi connectivity index (χ0) is 12.3. The number of nitrogens with two attached hydrogens (primary N) is 1. The fraction of sp³-hybridized carbons (Fsp3) is 0.125. The molecule has 0 spiro atoms. The van der Waals surface area contributed by atoms with Crippen molar-refractivity contribution in [2.75, 3.05) is 5.73 Å². The summed E-state index contributed by atoms with van der Waals surface area (Å²) in [5.41, 5.74) is 5.42. The maximum Gasteiger partial charge on any atom is 0.255 e. The lowest BCUT2D eigenvalue weighted by Gasteiger charge is -2.04. The number of H-pyrrole nitrogens is 1. The van der Waals surface area contributed by atoms with Gasteiger partial charge in [0, 0.05) is 0 Å². The first-order valence-corrected chi connectivity index (χ1v) is 4.58. The van der Waals surface area contributed by atoms with Crippen molar-refractivity contribution < 1.29 is 9.18 Å². The Bertz CT molecular complexity index is 527. The number of nitrogen functional groups attached to an aromatic ring is 1. The molecule has 2 heterocycles.